The molecule has 0 unspecified atom stereocenters. The number of furan rings is 1. The average molecular weight is 319 g/mol. The summed E-state index contributed by atoms with van der Waals surface area (Å²) in [4.78, 5) is 0. The molecule has 3 heterocycles. The van der Waals surface area contributed by atoms with E-state index in [1.54, 1.807) is 12.5 Å². The molecule has 0 aliphatic rings. The maximum atomic E-state index is 5.45. The number of nitrogens with zero attached hydrogens (tertiary/aromatic N) is 5. The molecule has 4 rings (SSSR count). The quantitative estimate of drug-likeness (QED) is 0.576. The van der Waals surface area contributed by atoms with Crippen molar-refractivity contribution in [3.05, 3.63) is 72.6 Å². The molecule has 24 heavy (non-hydrogen) atoms. The summed E-state index contributed by atoms with van der Waals surface area (Å²) >= 11 is 0. The highest BCUT2D eigenvalue weighted by molar-refractivity contribution is 5.64. The monoisotopic (exact) mass is 319 g/mol. The predicted octanol–water partition coefficient (Wildman–Crippen LogP) is 3.64. The highest BCUT2D eigenvalue weighted by Crippen LogP contribution is 2.25. The van der Waals surface area contributed by atoms with Crippen LogP contribution in [-0.4, -0.2) is 24.8 Å². The molecule has 1 atom stereocenters. The lowest BCUT2D eigenvalue weighted by molar-refractivity contribution is 0.419. The van der Waals surface area contributed by atoms with Crippen LogP contribution in [-0.2, 0) is 0 Å². The summed E-state index contributed by atoms with van der Waals surface area (Å²) in [5.41, 5.74) is 4.06. The lowest BCUT2D eigenvalue weighted by atomic mass is 10.1. The summed E-state index contributed by atoms with van der Waals surface area (Å²) in [6, 6.07) is 11.9. The summed E-state index contributed by atoms with van der Waals surface area (Å²) in [7, 11) is 0. The summed E-state index contributed by atoms with van der Waals surface area (Å²) in [6.45, 7) is 4.10. The van der Waals surface area contributed by atoms with E-state index in [0.717, 1.165) is 28.3 Å². The molecule has 120 valence electrons. The van der Waals surface area contributed by atoms with Crippen LogP contribution in [0.2, 0.25) is 0 Å². The first-order valence-electron chi connectivity index (χ1n) is 7.78. The molecule has 0 amide bonds. The zero-order valence-corrected chi connectivity index (χ0v) is 13.5. The Morgan fingerprint density at radius 1 is 1.17 bits per heavy atom. The van der Waals surface area contributed by atoms with Crippen LogP contribution < -0.4 is 0 Å². The Morgan fingerprint density at radius 2 is 2.08 bits per heavy atom. The number of aromatic nitrogens is 5. The highest BCUT2D eigenvalue weighted by Gasteiger charge is 2.14. The number of rotatable bonds is 4. The molecule has 6 nitrogen and oxygen atoms in total. The van der Waals surface area contributed by atoms with Crippen molar-refractivity contribution in [2.75, 3.05) is 0 Å². The Hall–Kier alpha value is -3.15. The van der Waals surface area contributed by atoms with Crippen LogP contribution in [0.3, 0.4) is 0 Å². The van der Waals surface area contributed by atoms with E-state index in [2.05, 4.69) is 34.5 Å². The number of benzene rings is 1. The van der Waals surface area contributed by atoms with Crippen molar-refractivity contribution < 1.29 is 4.42 Å². The van der Waals surface area contributed by atoms with E-state index < -0.39 is 0 Å². The Morgan fingerprint density at radius 3 is 2.79 bits per heavy atom. The van der Waals surface area contributed by atoms with Crippen LogP contribution in [0.25, 0.3) is 16.9 Å². The van der Waals surface area contributed by atoms with Crippen molar-refractivity contribution in [2.24, 2.45) is 0 Å². The molecule has 0 aliphatic carbocycles. The fourth-order valence-electron chi connectivity index (χ4n) is 2.75. The first-order valence-corrected chi connectivity index (χ1v) is 7.78. The van der Waals surface area contributed by atoms with Crippen LogP contribution in [0.4, 0.5) is 0 Å². The van der Waals surface area contributed by atoms with Crippen LogP contribution in [0, 0.1) is 6.92 Å². The minimum atomic E-state index is 0.00454. The van der Waals surface area contributed by atoms with Crippen molar-refractivity contribution in [1.29, 1.82) is 0 Å². The van der Waals surface area contributed by atoms with Gasteiger partial charge in [0.2, 0.25) is 0 Å². The van der Waals surface area contributed by atoms with E-state index >= 15 is 0 Å². The molecule has 0 N–H and O–H groups in total. The predicted molar refractivity (Wildman–Crippen MR) is 89.8 cm³/mol. The van der Waals surface area contributed by atoms with E-state index in [9.17, 15) is 0 Å². The Balaban J connectivity index is 1.65. The number of hydrogen-bond acceptors (Lipinski definition) is 4. The second kappa shape index (κ2) is 5.81. The van der Waals surface area contributed by atoms with Crippen molar-refractivity contribution in [3.8, 4) is 16.9 Å². The second-order valence-corrected chi connectivity index (χ2v) is 5.73. The molecule has 0 fully saturated rings. The Labute approximate surface area is 139 Å². The number of hydrogen-bond donors (Lipinski definition) is 0. The van der Waals surface area contributed by atoms with Crippen LogP contribution in [0.15, 0.2) is 65.7 Å². The third-order valence-corrected chi connectivity index (χ3v) is 4.12. The molecular formula is C18H17N5O. The van der Waals surface area contributed by atoms with Gasteiger partial charge in [-0.1, -0.05) is 11.3 Å². The van der Waals surface area contributed by atoms with Gasteiger partial charge in [0.15, 0.2) is 0 Å². The molecule has 0 radical (unpaired) electrons. The summed E-state index contributed by atoms with van der Waals surface area (Å²) in [6.07, 6.45) is 7.31. The van der Waals surface area contributed by atoms with Gasteiger partial charge in [-0.25, -0.2) is 9.36 Å². The molecule has 4 aromatic rings. The van der Waals surface area contributed by atoms with Crippen molar-refractivity contribution in [2.45, 2.75) is 19.9 Å². The normalized spacial score (nSPS) is 12.4. The Kier molecular flexibility index (Phi) is 3.49. The van der Waals surface area contributed by atoms with Crippen molar-refractivity contribution in [3.63, 3.8) is 0 Å². The molecule has 0 spiro atoms. The minimum absolute atomic E-state index is 0.00454. The smallest absolute Gasteiger partial charge is 0.128 e. The van der Waals surface area contributed by atoms with Gasteiger partial charge in [-0.3, -0.25) is 0 Å². The van der Waals surface area contributed by atoms with E-state index in [1.807, 2.05) is 52.9 Å². The summed E-state index contributed by atoms with van der Waals surface area (Å²) in [5, 5.41) is 12.8. The van der Waals surface area contributed by atoms with Gasteiger partial charge in [0, 0.05) is 18.0 Å². The van der Waals surface area contributed by atoms with Gasteiger partial charge in [0.05, 0.1) is 18.1 Å². The fraction of sp³-hybridized carbons (Fsp3) is 0.167. The molecule has 3 aromatic heterocycles. The van der Waals surface area contributed by atoms with E-state index in [-0.39, 0.29) is 6.04 Å². The topological polar surface area (TPSA) is 61.7 Å². The fourth-order valence-corrected chi connectivity index (χ4v) is 2.75. The van der Waals surface area contributed by atoms with Crippen LogP contribution in [0.1, 0.15) is 24.3 Å². The van der Waals surface area contributed by atoms with Gasteiger partial charge in [-0.2, -0.15) is 5.10 Å². The van der Waals surface area contributed by atoms with Crippen LogP contribution in [0.5, 0.6) is 0 Å². The van der Waals surface area contributed by atoms with E-state index in [4.69, 9.17) is 4.42 Å². The average Bonchev–Trinajstić information content (AvgIpc) is 3.35. The van der Waals surface area contributed by atoms with Crippen LogP contribution >= 0.6 is 0 Å². The summed E-state index contributed by atoms with van der Waals surface area (Å²) in [5.74, 6) is 0.859. The van der Waals surface area contributed by atoms with Gasteiger partial charge in [0.1, 0.15) is 17.5 Å². The van der Waals surface area contributed by atoms with E-state index in [0.29, 0.717) is 0 Å². The zero-order chi connectivity index (χ0) is 16.5. The maximum Gasteiger partial charge on any atom is 0.128 e. The lowest BCUT2D eigenvalue weighted by Gasteiger charge is -2.08. The third kappa shape index (κ3) is 2.52. The number of aryl methyl sites for hydroxylation is 1. The Bertz CT molecular complexity index is 938. The van der Waals surface area contributed by atoms with Gasteiger partial charge in [-0.05, 0) is 49.7 Å². The van der Waals surface area contributed by atoms with Gasteiger partial charge < -0.3 is 4.42 Å². The third-order valence-electron chi connectivity index (χ3n) is 4.12. The van der Waals surface area contributed by atoms with Crippen molar-refractivity contribution >= 4 is 0 Å². The molecule has 6 heteroatoms. The first-order chi connectivity index (χ1) is 11.7. The second-order valence-electron chi connectivity index (χ2n) is 5.73. The van der Waals surface area contributed by atoms with Gasteiger partial charge >= 0.3 is 0 Å². The van der Waals surface area contributed by atoms with E-state index in [1.165, 1.54) is 0 Å². The minimum Gasteiger partial charge on any atom is -0.467 e. The first kappa shape index (κ1) is 14.4. The van der Waals surface area contributed by atoms with Gasteiger partial charge in [-0.15, -0.1) is 5.10 Å². The largest absolute Gasteiger partial charge is 0.467 e. The van der Waals surface area contributed by atoms with Gasteiger partial charge in [0.25, 0.3) is 0 Å². The SMILES string of the molecule is Cc1cc(-n2cccn2)ccc1-c1cn([C@@H](C)c2ccco2)nn1. The molecule has 0 saturated heterocycles. The standard InChI is InChI=1S/C18H17N5O/c1-13-11-15(22-9-4-8-19-22)6-7-16(13)17-12-23(21-20-17)14(2)18-5-3-10-24-18/h3-12,14H,1-2H3/t14-/m0/s1. The molecule has 0 bridgehead atoms. The lowest BCUT2D eigenvalue weighted by Crippen LogP contribution is -2.06. The molecular weight excluding hydrogens is 302 g/mol. The molecule has 0 saturated carbocycles. The maximum absolute atomic E-state index is 5.45. The van der Waals surface area contributed by atoms with Crippen molar-refractivity contribution in [1.82, 2.24) is 24.8 Å². The molecule has 1 aromatic carbocycles. The molecule has 0 aliphatic heterocycles. The highest BCUT2D eigenvalue weighted by atomic mass is 16.3. The zero-order valence-electron chi connectivity index (χ0n) is 13.5. The summed E-state index contributed by atoms with van der Waals surface area (Å²) < 4.78 is 9.10.